The second-order valence-electron chi connectivity index (χ2n) is 10.3. The predicted molar refractivity (Wildman–Crippen MR) is 170 cm³/mol. The molecule has 7 nitrogen and oxygen atoms in total. The van der Waals surface area contributed by atoms with Crippen LogP contribution in [0.15, 0.2) is 126 Å². The van der Waals surface area contributed by atoms with Crippen LogP contribution in [0.2, 0.25) is 0 Å². The molecule has 5 aromatic carbocycles. The van der Waals surface area contributed by atoms with Crippen molar-refractivity contribution in [2.45, 2.75) is 13.1 Å². The van der Waals surface area contributed by atoms with E-state index >= 15 is 0 Å². The van der Waals surface area contributed by atoms with Crippen LogP contribution in [-0.4, -0.2) is 20.8 Å². The van der Waals surface area contributed by atoms with Crippen LogP contribution < -0.4 is 17.2 Å². The van der Waals surface area contributed by atoms with Gasteiger partial charge in [0.25, 0.3) is 0 Å². The van der Waals surface area contributed by atoms with E-state index < -0.39 is 0 Å². The first-order valence-corrected chi connectivity index (χ1v) is 13.6. The molecule has 0 saturated heterocycles. The average molecular weight is 551 g/mol. The molecule has 0 atom stereocenters. The van der Waals surface area contributed by atoms with Gasteiger partial charge in [0.1, 0.15) is 11.7 Å². The fraction of sp³-hybridized carbons (Fsp3) is 0.0571. The highest BCUT2D eigenvalue weighted by Gasteiger charge is 2.23. The summed E-state index contributed by atoms with van der Waals surface area (Å²) in [5.41, 5.74) is 18.0. The number of aromatic nitrogens is 2. The minimum absolute atomic E-state index is 0.00650. The van der Waals surface area contributed by atoms with E-state index in [9.17, 15) is 4.79 Å². The maximum absolute atomic E-state index is 14.4. The Bertz CT molecular complexity index is 1990. The van der Waals surface area contributed by atoms with Crippen LogP contribution in [0.3, 0.4) is 0 Å². The summed E-state index contributed by atoms with van der Waals surface area (Å²) in [6.45, 7) is 0.715. The molecule has 6 N–H and O–H groups in total. The SMILES string of the molecule is N=C(N)c1ccc(Cn2c(-c3ccccc3)c(-c3ccccc3)n(Cc3ccc4ccc(C(=N)N)cc4c3)c2=O)cc1. The Labute approximate surface area is 243 Å². The third-order valence-corrected chi connectivity index (χ3v) is 7.48. The fourth-order valence-corrected chi connectivity index (χ4v) is 5.38. The lowest BCUT2D eigenvalue weighted by Crippen LogP contribution is -2.26. The normalized spacial score (nSPS) is 11.0. The summed E-state index contributed by atoms with van der Waals surface area (Å²) in [4.78, 5) is 14.4. The Hall–Kier alpha value is -5.69. The maximum atomic E-state index is 14.4. The van der Waals surface area contributed by atoms with Gasteiger partial charge in [-0.3, -0.25) is 20.0 Å². The van der Waals surface area contributed by atoms with Gasteiger partial charge in [-0.15, -0.1) is 0 Å². The first-order chi connectivity index (χ1) is 20.4. The van der Waals surface area contributed by atoms with Gasteiger partial charge in [0.15, 0.2) is 0 Å². The number of benzene rings is 5. The topological polar surface area (TPSA) is 127 Å². The largest absolute Gasteiger partial charge is 0.384 e. The molecule has 1 aromatic heterocycles. The van der Waals surface area contributed by atoms with Crippen molar-refractivity contribution in [2.75, 3.05) is 0 Å². The molecule has 1 heterocycles. The molecule has 0 aliphatic heterocycles. The fourth-order valence-electron chi connectivity index (χ4n) is 5.38. The molecule has 6 aromatic rings. The highest BCUT2D eigenvalue weighted by atomic mass is 16.1. The minimum atomic E-state index is -0.124. The van der Waals surface area contributed by atoms with Crippen molar-refractivity contribution in [1.82, 2.24) is 9.13 Å². The Morgan fingerprint density at radius 2 is 1.02 bits per heavy atom. The lowest BCUT2D eigenvalue weighted by molar-refractivity contribution is 0.689. The number of amidine groups is 2. The van der Waals surface area contributed by atoms with Crippen molar-refractivity contribution in [3.05, 3.63) is 154 Å². The number of nitrogens with one attached hydrogen (secondary N) is 2. The number of fused-ring (bicyclic) bond motifs is 1. The third kappa shape index (κ3) is 5.11. The summed E-state index contributed by atoms with van der Waals surface area (Å²) < 4.78 is 3.67. The van der Waals surface area contributed by atoms with Crippen LogP contribution in [0.25, 0.3) is 33.3 Å². The van der Waals surface area contributed by atoms with Crippen LogP contribution >= 0.6 is 0 Å². The van der Waals surface area contributed by atoms with E-state index in [1.54, 1.807) is 0 Å². The van der Waals surface area contributed by atoms with Crippen LogP contribution in [0.1, 0.15) is 22.3 Å². The lowest BCUT2D eigenvalue weighted by Gasteiger charge is -2.13. The second-order valence-corrected chi connectivity index (χ2v) is 10.3. The van der Waals surface area contributed by atoms with Crippen LogP contribution in [0, 0.1) is 10.8 Å². The Kier molecular flexibility index (Phi) is 6.98. The summed E-state index contributed by atoms with van der Waals surface area (Å²) in [5, 5.41) is 17.6. The summed E-state index contributed by atoms with van der Waals surface area (Å²) in [7, 11) is 0. The molecular formula is C35H30N6O. The maximum Gasteiger partial charge on any atom is 0.329 e. The summed E-state index contributed by atoms with van der Waals surface area (Å²) >= 11 is 0. The molecule has 0 saturated carbocycles. The molecular weight excluding hydrogens is 520 g/mol. The van der Waals surface area contributed by atoms with Crippen molar-refractivity contribution in [2.24, 2.45) is 11.5 Å². The Morgan fingerprint density at radius 1 is 0.548 bits per heavy atom. The minimum Gasteiger partial charge on any atom is -0.384 e. The summed E-state index contributed by atoms with van der Waals surface area (Å²) in [6.07, 6.45) is 0. The van der Waals surface area contributed by atoms with Crippen molar-refractivity contribution in [3.63, 3.8) is 0 Å². The zero-order chi connectivity index (χ0) is 29.2. The van der Waals surface area contributed by atoms with Crippen LogP contribution in [-0.2, 0) is 13.1 Å². The van der Waals surface area contributed by atoms with Gasteiger partial charge in [-0.25, -0.2) is 4.79 Å². The van der Waals surface area contributed by atoms with E-state index in [1.807, 2.05) is 124 Å². The van der Waals surface area contributed by atoms with Gasteiger partial charge in [-0.05, 0) is 34.0 Å². The van der Waals surface area contributed by atoms with Gasteiger partial charge in [0, 0.05) is 22.3 Å². The van der Waals surface area contributed by atoms with Crippen LogP contribution in [0.5, 0.6) is 0 Å². The molecule has 0 radical (unpaired) electrons. The van der Waals surface area contributed by atoms with Gasteiger partial charge in [0.2, 0.25) is 0 Å². The second kappa shape index (κ2) is 11.1. The zero-order valence-electron chi connectivity index (χ0n) is 22.9. The van der Waals surface area contributed by atoms with E-state index in [0.29, 0.717) is 24.2 Å². The molecule has 6 rings (SSSR count). The van der Waals surface area contributed by atoms with E-state index in [0.717, 1.165) is 44.4 Å². The van der Waals surface area contributed by atoms with Gasteiger partial charge in [-0.2, -0.15) is 0 Å². The molecule has 0 fully saturated rings. The van der Waals surface area contributed by atoms with Gasteiger partial charge >= 0.3 is 5.69 Å². The van der Waals surface area contributed by atoms with E-state index in [4.69, 9.17) is 22.3 Å². The molecule has 42 heavy (non-hydrogen) atoms. The van der Waals surface area contributed by atoms with Crippen LogP contribution in [0.4, 0.5) is 0 Å². The first-order valence-electron chi connectivity index (χ1n) is 13.6. The molecule has 0 amide bonds. The van der Waals surface area contributed by atoms with Crippen molar-refractivity contribution < 1.29 is 0 Å². The van der Waals surface area contributed by atoms with Gasteiger partial charge in [-0.1, -0.05) is 109 Å². The van der Waals surface area contributed by atoms with Crippen molar-refractivity contribution >= 4 is 22.4 Å². The molecule has 206 valence electrons. The number of hydrogen-bond donors (Lipinski definition) is 4. The third-order valence-electron chi connectivity index (χ3n) is 7.48. The highest BCUT2D eigenvalue weighted by molar-refractivity contribution is 5.99. The van der Waals surface area contributed by atoms with Crippen molar-refractivity contribution in [1.29, 1.82) is 10.8 Å². The van der Waals surface area contributed by atoms with Gasteiger partial charge < -0.3 is 11.5 Å². The average Bonchev–Trinajstić information content (AvgIpc) is 3.28. The molecule has 0 aliphatic carbocycles. The molecule has 0 aliphatic rings. The highest BCUT2D eigenvalue weighted by Crippen LogP contribution is 2.33. The molecule has 7 heteroatoms. The predicted octanol–water partition coefficient (Wildman–Crippen LogP) is 5.80. The Morgan fingerprint density at radius 3 is 1.57 bits per heavy atom. The van der Waals surface area contributed by atoms with E-state index in [2.05, 4.69) is 6.07 Å². The number of nitrogens with two attached hydrogens (primary N) is 2. The number of hydrogen-bond acceptors (Lipinski definition) is 3. The molecule has 0 unspecified atom stereocenters. The molecule has 0 spiro atoms. The Balaban J connectivity index is 1.55. The zero-order valence-corrected chi connectivity index (χ0v) is 22.9. The van der Waals surface area contributed by atoms with Gasteiger partial charge in [0.05, 0.1) is 24.5 Å². The lowest BCUT2D eigenvalue weighted by atomic mass is 10.0. The number of rotatable bonds is 8. The van der Waals surface area contributed by atoms with E-state index in [-0.39, 0.29) is 17.4 Å². The quantitative estimate of drug-likeness (QED) is 0.141. The summed E-state index contributed by atoms with van der Waals surface area (Å²) in [6, 6.07) is 39.3. The van der Waals surface area contributed by atoms with Crippen molar-refractivity contribution in [3.8, 4) is 22.5 Å². The monoisotopic (exact) mass is 550 g/mol. The first kappa shape index (κ1) is 26.5. The summed E-state index contributed by atoms with van der Waals surface area (Å²) in [5.74, 6) is 0.0258. The standard InChI is InChI=1S/C35H30N6O/c36-33(37)28-15-11-23(12-16-28)21-40-31(26-7-3-1-4-8-26)32(27-9-5-2-6-10-27)41(35(40)42)22-24-13-14-25-17-18-29(34(38)39)20-30(25)19-24/h1-20H,21-22H2,(H3,36,37)(H3,38,39). The number of nitrogen functional groups attached to an aromatic ring is 2. The number of nitrogens with zero attached hydrogens (tertiary/aromatic N) is 2. The smallest absolute Gasteiger partial charge is 0.329 e. The molecule has 0 bridgehead atoms. The van der Waals surface area contributed by atoms with E-state index in [1.165, 1.54) is 0 Å². The number of imidazole rings is 1.